The summed E-state index contributed by atoms with van der Waals surface area (Å²) in [6.07, 6.45) is 3.37. The van der Waals surface area contributed by atoms with Gasteiger partial charge in [-0.1, -0.05) is 6.07 Å². The Morgan fingerprint density at radius 2 is 1.95 bits per heavy atom. The molecule has 0 saturated carbocycles. The topological polar surface area (TPSA) is 57.2 Å². The number of aryl methyl sites for hydroxylation is 3. The summed E-state index contributed by atoms with van der Waals surface area (Å²) in [6.45, 7) is 6.17. The first-order chi connectivity index (χ1) is 9.08. The lowest BCUT2D eigenvalue weighted by Crippen LogP contribution is -2.17. The van der Waals surface area contributed by atoms with E-state index in [2.05, 4.69) is 41.5 Å². The number of aromatic nitrogens is 1. The minimum absolute atomic E-state index is 0.247. The zero-order valence-electron chi connectivity index (χ0n) is 11.3. The maximum Gasteiger partial charge on any atom is 0.287 e. The number of carbonyl (C=O) groups is 1. The fourth-order valence-corrected chi connectivity index (χ4v) is 1.81. The standard InChI is InChI=1S/C15H17N3O/c1-10-7-12(3)13(8-11(10)2)9-17-18-15(19)14-5-4-6-16-14/h4-9,16H,1-3H3,(H,18,19)/b17-9-. The molecule has 0 fully saturated rings. The molecule has 2 aromatic rings. The molecule has 1 aromatic carbocycles. The molecule has 0 aliphatic rings. The van der Waals surface area contributed by atoms with E-state index < -0.39 is 0 Å². The number of hydrogen-bond acceptors (Lipinski definition) is 2. The quantitative estimate of drug-likeness (QED) is 0.643. The second-order valence-corrected chi connectivity index (χ2v) is 4.58. The Balaban J connectivity index is 2.07. The first-order valence-corrected chi connectivity index (χ1v) is 6.12. The summed E-state index contributed by atoms with van der Waals surface area (Å²) < 4.78 is 0. The summed E-state index contributed by atoms with van der Waals surface area (Å²) >= 11 is 0. The van der Waals surface area contributed by atoms with Gasteiger partial charge in [-0.3, -0.25) is 4.79 Å². The smallest absolute Gasteiger partial charge is 0.287 e. The fourth-order valence-electron chi connectivity index (χ4n) is 1.81. The van der Waals surface area contributed by atoms with Crippen LogP contribution >= 0.6 is 0 Å². The minimum Gasteiger partial charge on any atom is -0.357 e. The van der Waals surface area contributed by atoms with Crippen molar-refractivity contribution < 1.29 is 4.79 Å². The molecule has 1 heterocycles. The van der Waals surface area contributed by atoms with Gasteiger partial charge in [0.05, 0.1) is 6.21 Å². The Hall–Kier alpha value is -2.36. The van der Waals surface area contributed by atoms with Gasteiger partial charge >= 0.3 is 0 Å². The molecule has 19 heavy (non-hydrogen) atoms. The van der Waals surface area contributed by atoms with E-state index in [0.29, 0.717) is 5.69 Å². The predicted octanol–water partition coefficient (Wildman–Crippen LogP) is 2.70. The van der Waals surface area contributed by atoms with Crippen molar-refractivity contribution in [2.24, 2.45) is 5.10 Å². The fraction of sp³-hybridized carbons (Fsp3) is 0.200. The molecule has 0 bridgehead atoms. The highest BCUT2D eigenvalue weighted by molar-refractivity contribution is 5.93. The van der Waals surface area contributed by atoms with E-state index in [9.17, 15) is 4.79 Å². The van der Waals surface area contributed by atoms with Crippen molar-refractivity contribution in [1.29, 1.82) is 0 Å². The van der Waals surface area contributed by atoms with Crippen LogP contribution in [0.2, 0.25) is 0 Å². The molecule has 0 spiro atoms. The van der Waals surface area contributed by atoms with E-state index in [4.69, 9.17) is 0 Å². The summed E-state index contributed by atoms with van der Waals surface area (Å²) in [5.74, 6) is -0.247. The third-order valence-corrected chi connectivity index (χ3v) is 3.09. The van der Waals surface area contributed by atoms with Crippen molar-refractivity contribution in [3.05, 3.63) is 58.4 Å². The average molecular weight is 255 g/mol. The van der Waals surface area contributed by atoms with Gasteiger partial charge in [0.15, 0.2) is 0 Å². The third-order valence-electron chi connectivity index (χ3n) is 3.09. The Labute approximate surface area is 112 Å². The van der Waals surface area contributed by atoms with E-state index in [1.807, 2.05) is 6.92 Å². The lowest BCUT2D eigenvalue weighted by Gasteiger charge is -2.05. The van der Waals surface area contributed by atoms with Crippen LogP contribution in [0.1, 0.15) is 32.7 Å². The molecule has 2 rings (SSSR count). The number of amides is 1. The normalized spacial score (nSPS) is 10.9. The number of nitrogens with zero attached hydrogens (tertiary/aromatic N) is 1. The molecule has 0 unspecified atom stereocenters. The maximum absolute atomic E-state index is 11.6. The number of aromatic amines is 1. The lowest BCUT2D eigenvalue weighted by atomic mass is 10.0. The zero-order chi connectivity index (χ0) is 13.8. The highest BCUT2D eigenvalue weighted by atomic mass is 16.2. The first kappa shape index (κ1) is 13.1. The van der Waals surface area contributed by atoms with E-state index in [0.717, 1.165) is 11.1 Å². The summed E-state index contributed by atoms with van der Waals surface area (Å²) in [7, 11) is 0. The van der Waals surface area contributed by atoms with Crippen LogP contribution < -0.4 is 5.43 Å². The van der Waals surface area contributed by atoms with Gasteiger partial charge < -0.3 is 4.98 Å². The third kappa shape index (κ3) is 3.10. The molecule has 1 aromatic heterocycles. The molecular weight excluding hydrogens is 238 g/mol. The average Bonchev–Trinajstić information content (AvgIpc) is 2.89. The molecule has 98 valence electrons. The SMILES string of the molecule is Cc1cc(C)c(/C=N\NC(=O)c2ccc[nH]2)cc1C. The van der Waals surface area contributed by atoms with E-state index in [-0.39, 0.29) is 5.91 Å². The van der Waals surface area contributed by atoms with Crippen molar-refractivity contribution in [2.75, 3.05) is 0 Å². The Morgan fingerprint density at radius 1 is 1.21 bits per heavy atom. The van der Waals surface area contributed by atoms with Crippen LogP contribution in [0.3, 0.4) is 0 Å². The molecule has 2 N–H and O–H groups in total. The van der Waals surface area contributed by atoms with Gasteiger partial charge in [-0.2, -0.15) is 5.10 Å². The summed E-state index contributed by atoms with van der Waals surface area (Å²) in [6, 6.07) is 7.65. The van der Waals surface area contributed by atoms with E-state index in [1.165, 1.54) is 11.1 Å². The van der Waals surface area contributed by atoms with E-state index in [1.54, 1.807) is 24.5 Å². The number of benzene rings is 1. The second kappa shape index (κ2) is 5.52. The Kier molecular flexibility index (Phi) is 3.80. The molecule has 0 saturated heterocycles. The largest absolute Gasteiger partial charge is 0.357 e. The van der Waals surface area contributed by atoms with E-state index >= 15 is 0 Å². The number of nitrogens with one attached hydrogen (secondary N) is 2. The molecule has 0 aliphatic heterocycles. The molecular formula is C15H17N3O. The number of H-pyrrole nitrogens is 1. The molecule has 0 aliphatic carbocycles. The minimum atomic E-state index is -0.247. The molecule has 0 radical (unpaired) electrons. The Morgan fingerprint density at radius 3 is 2.63 bits per heavy atom. The molecule has 4 heteroatoms. The predicted molar refractivity (Wildman–Crippen MR) is 76.5 cm³/mol. The van der Waals surface area contributed by atoms with Gasteiger partial charge in [-0.15, -0.1) is 0 Å². The highest BCUT2D eigenvalue weighted by Crippen LogP contribution is 2.13. The van der Waals surface area contributed by atoms with Gasteiger partial charge in [-0.25, -0.2) is 5.43 Å². The van der Waals surface area contributed by atoms with Crippen LogP contribution in [-0.2, 0) is 0 Å². The zero-order valence-corrected chi connectivity index (χ0v) is 11.3. The molecule has 1 amide bonds. The van der Waals surface area contributed by atoms with Gasteiger partial charge in [0, 0.05) is 6.20 Å². The first-order valence-electron chi connectivity index (χ1n) is 6.12. The van der Waals surface area contributed by atoms with Gasteiger partial charge in [0.1, 0.15) is 5.69 Å². The summed E-state index contributed by atoms with van der Waals surface area (Å²) in [5, 5.41) is 3.98. The number of rotatable bonds is 3. The van der Waals surface area contributed by atoms with Crippen molar-refractivity contribution >= 4 is 12.1 Å². The monoisotopic (exact) mass is 255 g/mol. The summed E-state index contributed by atoms with van der Waals surface area (Å²) in [5.41, 5.74) is 7.60. The number of hydrazone groups is 1. The van der Waals surface area contributed by atoms with Crippen molar-refractivity contribution in [1.82, 2.24) is 10.4 Å². The van der Waals surface area contributed by atoms with Crippen LogP contribution in [0.4, 0.5) is 0 Å². The van der Waals surface area contributed by atoms with Crippen LogP contribution in [0.25, 0.3) is 0 Å². The lowest BCUT2D eigenvalue weighted by molar-refractivity contribution is 0.0951. The highest BCUT2D eigenvalue weighted by Gasteiger charge is 2.03. The molecule has 4 nitrogen and oxygen atoms in total. The van der Waals surface area contributed by atoms with Crippen molar-refractivity contribution in [3.63, 3.8) is 0 Å². The molecule has 0 atom stereocenters. The van der Waals surface area contributed by atoms with Crippen LogP contribution in [-0.4, -0.2) is 17.1 Å². The van der Waals surface area contributed by atoms with Crippen LogP contribution in [0.15, 0.2) is 35.6 Å². The van der Waals surface area contributed by atoms with Crippen LogP contribution in [0.5, 0.6) is 0 Å². The van der Waals surface area contributed by atoms with Crippen molar-refractivity contribution in [3.8, 4) is 0 Å². The van der Waals surface area contributed by atoms with Crippen LogP contribution in [0, 0.1) is 20.8 Å². The number of carbonyl (C=O) groups excluding carboxylic acids is 1. The maximum atomic E-state index is 11.6. The van der Waals surface area contributed by atoms with Gasteiger partial charge in [0.2, 0.25) is 0 Å². The second-order valence-electron chi connectivity index (χ2n) is 4.58. The van der Waals surface area contributed by atoms with Gasteiger partial charge in [-0.05, 0) is 61.2 Å². The Bertz CT molecular complexity index is 613. The van der Waals surface area contributed by atoms with Crippen molar-refractivity contribution in [2.45, 2.75) is 20.8 Å². The number of hydrogen-bond donors (Lipinski definition) is 2. The summed E-state index contributed by atoms with van der Waals surface area (Å²) in [4.78, 5) is 14.5. The van der Waals surface area contributed by atoms with Gasteiger partial charge in [0.25, 0.3) is 5.91 Å².